The van der Waals surface area contributed by atoms with Gasteiger partial charge in [-0.05, 0) is 80.2 Å². The Morgan fingerprint density at radius 2 is 2.14 bits per heavy atom. The van der Waals surface area contributed by atoms with E-state index in [2.05, 4.69) is 27.5 Å². The molecule has 3 aromatic rings. The summed E-state index contributed by atoms with van der Waals surface area (Å²) < 4.78 is 22.0. The Hall–Kier alpha value is -3.29. The van der Waals surface area contributed by atoms with E-state index in [0.29, 0.717) is 30.6 Å². The van der Waals surface area contributed by atoms with Crippen molar-refractivity contribution < 1.29 is 13.9 Å². The molecule has 1 unspecified atom stereocenters. The first kappa shape index (κ1) is 24.4. The van der Waals surface area contributed by atoms with Crippen LogP contribution in [0.15, 0.2) is 42.7 Å². The molecule has 2 atom stereocenters. The number of rotatable bonds is 12. The van der Waals surface area contributed by atoms with Gasteiger partial charge in [0.2, 0.25) is 5.91 Å². The summed E-state index contributed by atoms with van der Waals surface area (Å²) in [7, 11) is 0. The van der Waals surface area contributed by atoms with Gasteiger partial charge in [0.05, 0.1) is 18.5 Å². The van der Waals surface area contributed by atoms with Crippen LogP contribution in [-0.4, -0.2) is 32.5 Å². The van der Waals surface area contributed by atoms with E-state index in [-0.39, 0.29) is 23.6 Å². The zero-order chi connectivity index (χ0) is 24.9. The molecule has 1 fully saturated rings. The number of hydrogen-bond acceptors (Lipinski definition) is 5. The van der Waals surface area contributed by atoms with Crippen LogP contribution in [0.1, 0.15) is 68.2 Å². The van der Waals surface area contributed by atoms with Gasteiger partial charge in [-0.3, -0.25) is 4.79 Å². The largest absolute Gasteiger partial charge is 0.490 e. The molecule has 2 aliphatic rings. The molecule has 1 N–H and O–H groups in total. The SMILES string of the molecule is CC[C@@H](Cn1nncc1CCCCC1Cc2cccnc2NC1=O)c1ccc(F)c(OCC2CC2)c1. The summed E-state index contributed by atoms with van der Waals surface area (Å²) in [5.74, 6) is 1.57. The smallest absolute Gasteiger partial charge is 0.228 e. The number of nitrogens with zero attached hydrogens (tertiary/aromatic N) is 4. The minimum atomic E-state index is -0.304. The van der Waals surface area contributed by atoms with Crippen molar-refractivity contribution in [3.63, 3.8) is 0 Å². The number of carbonyl (C=O) groups is 1. The number of pyridine rings is 1. The topological polar surface area (TPSA) is 81.9 Å². The lowest BCUT2D eigenvalue weighted by Gasteiger charge is -2.23. The molecule has 5 rings (SSSR count). The molecule has 7 nitrogen and oxygen atoms in total. The average molecular weight is 492 g/mol. The zero-order valence-electron chi connectivity index (χ0n) is 20.8. The molecule has 1 aliphatic heterocycles. The van der Waals surface area contributed by atoms with Crippen LogP contribution < -0.4 is 10.1 Å². The number of fused-ring (bicyclic) bond motifs is 1. The van der Waals surface area contributed by atoms with E-state index in [4.69, 9.17) is 4.74 Å². The summed E-state index contributed by atoms with van der Waals surface area (Å²) in [6, 6.07) is 9.17. The third-order valence-electron chi connectivity index (χ3n) is 7.39. The summed E-state index contributed by atoms with van der Waals surface area (Å²) in [5.41, 5.74) is 3.25. The molecule has 3 heterocycles. The number of nitrogens with one attached hydrogen (secondary N) is 1. The van der Waals surface area contributed by atoms with Gasteiger partial charge in [-0.25, -0.2) is 14.1 Å². The number of anilines is 1. The number of aryl methyl sites for hydroxylation is 1. The van der Waals surface area contributed by atoms with E-state index < -0.39 is 0 Å². The van der Waals surface area contributed by atoms with Gasteiger partial charge in [0.1, 0.15) is 5.82 Å². The average Bonchev–Trinajstić information content (AvgIpc) is 3.62. The van der Waals surface area contributed by atoms with E-state index >= 15 is 0 Å². The summed E-state index contributed by atoms with van der Waals surface area (Å²) in [6.07, 6.45) is 11.2. The number of ether oxygens (including phenoxy) is 1. The highest BCUT2D eigenvalue weighted by Gasteiger charge is 2.26. The molecule has 2 aromatic heterocycles. The normalized spacial score (nSPS) is 17.9. The van der Waals surface area contributed by atoms with Gasteiger partial charge in [0.15, 0.2) is 11.6 Å². The number of aromatic nitrogens is 4. The van der Waals surface area contributed by atoms with Crippen molar-refractivity contribution >= 4 is 11.7 Å². The van der Waals surface area contributed by atoms with Crippen molar-refractivity contribution in [3.05, 3.63) is 65.4 Å². The number of unbranched alkanes of at least 4 members (excludes halogenated alkanes) is 1. The monoisotopic (exact) mass is 491 g/mol. The van der Waals surface area contributed by atoms with Crippen LogP contribution in [0.2, 0.25) is 0 Å². The zero-order valence-corrected chi connectivity index (χ0v) is 20.8. The molecule has 0 spiro atoms. The predicted octanol–water partition coefficient (Wildman–Crippen LogP) is 5.32. The third-order valence-corrected chi connectivity index (χ3v) is 7.39. The van der Waals surface area contributed by atoms with Crippen LogP contribution in [0.5, 0.6) is 5.75 Å². The second kappa shape index (κ2) is 11.2. The van der Waals surface area contributed by atoms with Gasteiger partial charge < -0.3 is 10.1 Å². The Kier molecular flexibility index (Phi) is 7.58. The Balaban J connectivity index is 1.14. The first-order valence-electron chi connectivity index (χ1n) is 13.1. The van der Waals surface area contributed by atoms with Crippen molar-refractivity contribution in [2.45, 2.75) is 70.8 Å². The van der Waals surface area contributed by atoms with Crippen LogP contribution in [0.25, 0.3) is 0 Å². The third kappa shape index (κ3) is 5.91. The fourth-order valence-corrected chi connectivity index (χ4v) is 4.90. The van der Waals surface area contributed by atoms with Crippen LogP contribution in [-0.2, 0) is 24.2 Å². The second-order valence-electron chi connectivity index (χ2n) is 10.1. The van der Waals surface area contributed by atoms with E-state index in [0.717, 1.165) is 55.3 Å². The van der Waals surface area contributed by atoms with Crippen LogP contribution >= 0.6 is 0 Å². The molecule has 8 heteroatoms. The maximum absolute atomic E-state index is 14.3. The summed E-state index contributed by atoms with van der Waals surface area (Å²) in [6.45, 7) is 3.42. The first-order chi connectivity index (χ1) is 17.6. The summed E-state index contributed by atoms with van der Waals surface area (Å²) in [5, 5.41) is 11.4. The summed E-state index contributed by atoms with van der Waals surface area (Å²) in [4.78, 5) is 16.7. The molecule has 1 amide bonds. The molecular weight excluding hydrogens is 457 g/mol. The van der Waals surface area contributed by atoms with E-state index in [1.807, 2.05) is 35.1 Å². The molecular formula is C28H34FN5O2. The number of benzene rings is 1. The lowest BCUT2D eigenvalue weighted by atomic mass is 9.90. The van der Waals surface area contributed by atoms with Gasteiger partial charge in [-0.1, -0.05) is 30.7 Å². The fourth-order valence-electron chi connectivity index (χ4n) is 4.90. The van der Waals surface area contributed by atoms with Gasteiger partial charge >= 0.3 is 0 Å². The van der Waals surface area contributed by atoms with Crippen LogP contribution in [0.3, 0.4) is 0 Å². The Labute approximate surface area is 211 Å². The molecule has 1 aliphatic carbocycles. The van der Waals surface area contributed by atoms with Crippen LogP contribution in [0, 0.1) is 17.7 Å². The maximum Gasteiger partial charge on any atom is 0.228 e. The van der Waals surface area contributed by atoms with Crippen molar-refractivity contribution in [2.75, 3.05) is 11.9 Å². The number of carbonyl (C=O) groups excluding carboxylic acids is 1. The molecule has 0 saturated heterocycles. The van der Waals surface area contributed by atoms with E-state index in [1.165, 1.54) is 18.9 Å². The molecule has 36 heavy (non-hydrogen) atoms. The van der Waals surface area contributed by atoms with Crippen molar-refractivity contribution in [1.29, 1.82) is 0 Å². The Morgan fingerprint density at radius 3 is 2.97 bits per heavy atom. The Bertz CT molecular complexity index is 1190. The molecule has 0 bridgehead atoms. The molecule has 1 aromatic carbocycles. The van der Waals surface area contributed by atoms with Gasteiger partial charge in [0, 0.05) is 24.6 Å². The molecule has 190 valence electrons. The molecule has 0 radical (unpaired) electrons. The van der Waals surface area contributed by atoms with Crippen molar-refractivity contribution in [1.82, 2.24) is 20.0 Å². The number of halogens is 1. The lowest BCUT2D eigenvalue weighted by molar-refractivity contribution is -0.120. The highest BCUT2D eigenvalue weighted by atomic mass is 19.1. The maximum atomic E-state index is 14.3. The minimum absolute atomic E-state index is 0.0102. The van der Waals surface area contributed by atoms with Crippen LogP contribution in [0.4, 0.5) is 10.2 Å². The minimum Gasteiger partial charge on any atom is -0.490 e. The highest BCUT2D eigenvalue weighted by Crippen LogP contribution is 2.32. The second-order valence-corrected chi connectivity index (χ2v) is 10.1. The quantitative estimate of drug-likeness (QED) is 0.347. The van der Waals surface area contributed by atoms with Gasteiger partial charge in [-0.15, -0.1) is 5.10 Å². The first-order valence-corrected chi connectivity index (χ1v) is 13.1. The summed E-state index contributed by atoms with van der Waals surface area (Å²) >= 11 is 0. The highest BCUT2D eigenvalue weighted by molar-refractivity contribution is 5.94. The van der Waals surface area contributed by atoms with Gasteiger partial charge in [-0.2, -0.15) is 0 Å². The number of hydrogen-bond donors (Lipinski definition) is 1. The fraction of sp³-hybridized carbons (Fsp3) is 0.500. The number of amides is 1. The Morgan fingerprint density at radius 1 is 1.25 bits per heavy atom. The van der Waals surface area contributed by atoms with Crippen molar-refractivity contribution in [3.8, 4) is 5.75 Å². The predicted molar refractivity (Wildman–Crippen MR) is 135 cm³/mol. The van der Waals surface area contributed by atoms with Crippen molar-refractivity contribution in [2.24, 2.45) is 11.8 Å². The van der Waals surface area contributed by atoms with E-state index in [9.17, 15) is 9.18 Å². The van der Waals surface area contributed by atoms with E-state index in [1.54, 1.807) is 6.20 Å². The van der Waals surface area contributed by atoms with Gasteiger partial charge in [0.25, 0.3) is 0 Å². The molecule has 1 saturated carbocycles. The standard InChI is InChI=1S/C28H34FN5O2/c1-2-20(21-11-12-25(29)26(15-21)36-18-19-9-10-19)17-34-24(16-31-33-34)8-4-3-6-23-14-22-7-5-13-30-27(22)32-28(23)35/h5,7,11-13,15-16,19-20,23H,2-4,6,8-10,14,17-18H2,1H3,(H,30,32,35)/t20-,23?/m0/s1. The lowest BCUT2D eigenvalue weighted by Crippen LogP contribution is -2.30.